The highest BCUT2D eigenvalue weighted by molar-refractivity contribution is 5.56. The van der Waals surface area contributed by atoms with E-state index in [0.29, 0.717) is 6.04 Å². The molecular formula is C25H32F2N2O. The third kappa shape index (κ3) is 3.32. The van der Waals surface area contributed by atoms with Crippen LogP contribution in [0.3, 0.4) is 0 Å². The van der Waals surface area contributed by atoms with Crippen LogP contribution in [-0.4, -0.2) is 30.1 Å². The summed E-state index contributed by atoms with van der Waals surface area (Å²) in [6.07, 6.45) is 1.82. The van der Waals surface area contributed by atoms with Crippen LogP contribution < -0.4 is 5.73 Å². The Kier molecular flexibility index (Phi) is 5.39. The summed E-state index contributed by atoms with van der Waals surface area (Å²) in [5, 5.41) is 0. The molecule has 5 heteroatoms. The van der Waals surface area contributed by atoms with E-state index >= 15 is 0 Å². The van der Waals surface area contributed by atoms with Gasteiger partial charge in [-0.1, -0.05) is 39.0 Å². The Morgan fingerprint density at radius 3 is 2.50 bits per heavy atom. The molecule has 1 aliphatic heterocycles. The van der Waals surface area contributed by atoms with Crippen molar-refractivity contribution in [3.63, 3.8) is 0 Å². The topological polar surface area (TPSA) is 38.5 Å². The van der Waals surface area contributed by atoms with Crippen molar-refractivity contribution in [1.82, 2.24) is 4.90 Å². The van der Waals surface area contributed by atoms with Gasteiger partial charge < -0.3 is 10.5 Å². The summed E-state index contributed by atoms with van der Waals surface area (Å²) in [5.74, 6) is -1.12. The Balaban J connectivity index is 1.51. The summed E-state index contributed by atoms with van der Waals surface area (Å²) in [5.41, 5.74) is 10.0. The number of ether oxygens (including phenoxy) is 1. The first-order valence-corrected chi connectivity index (χ1v) is 10.8. The van der Waals surface area contributed by atoms with Gasteiger partial charge in [0, 0.05) is 29.3 Å². The molecule has 1 heterocycles. The SMILES string of the molecule is CC(CN1CC[C@@]2(C)c3cccc(N)c3C[C@@H]1C2(C)C)OCc1c(F)cccc1F. The Hall–Kier alpha value is -1.98. The molecule has 1 unspecified atom stereocenters. The van der Waals surface area contributed by atoms with Crippen molar-refractivity contribution in [2.45, 2.75) is 64.7 Å². The maximum atomic E-state index is 13.9. The quantitative estimate of drug-likeness (QED) is 0.695. The van der Waals surface area contributed by atoms with Crippen molar-refractivity contribution in [3.8, 4) is 0 Å². The number of halogens is 2. The number of hydrogen-bond donors (Lipinski definition) is 1. The second-order valence-electron chi connectivity index (χ2n) is 9.71. The largest absolute Gasteiger partial charge is 0.398 e. The molecule has 2 aromatic carbocycles. The third-order valence-electron chi connectivity index (χ3n) is 7.86. The minimum atomic E-state index is -0.559. The van der Waals surface area contributed by atoms with E-state index in [2.05, 4.69) is 37.8 Å². The molecule has 2 N–H and O–H groups in total. The molecule has 3 atom stereocenters. The maximum Gasteiger partial charge on any atom is 0.131 e. The summed E-state index contributed by atoms with van der Waals surface area (Å²) in [7, 11) is 0. The number of rotatable bonds is 5. The summed E-state index contributed by atoms with van der Waals surface area (Å²) < 4.78 is 33.7. The van der Waals surface area contributed by atoms with Gasteiger partial charge in [-0.2, -0.15) is 0 Å². The molecule has 2 bridgehead atoms. The molecule has 1 saturated heterocycles. The van der Waals surface area contributed by atoms with Crippen molar-refractivity contribution in [3.05, 3.63) is 64.7 Å². The van der Waals surface area contributed by atoms with Gasteiger partial charge in [-0.25, -0.2) is 8.78 Å². The van der Waals surface area contributed by atoms with Gasteiger partial charge in [-0.15, -0.1) is 0 Å². The van der Waals surface area contributed by atoms with Crippen LogP contribution in [0.1, 0.15) is 50.8 Å². The van der Waals surface area contributed by atoms with Crippen LogP contribution in [0.5, 0.6) is 0 Å². The number of nitrogen functional groups attached to an aromatic ring is 1. The Labute approximate surface area is 178 Å². The van der Waals surface area contributed by atoms with Crippen molar-refractivity contribution in [2.75, 3.05) is 18.8 Å². The van der Waals surface area contributed by atoms with E-state index in [0.717, 1.165) is 31.6 Å². The molecule has 0 amide bonds. The van der Waals surface area contributed by atoms with Gasteiger partial charge in [-0.05, 0) is 61.1 Å². The van der Waals surface area contributed by atoms with Crippen molar-refractivity contribution in [1.29, 1.82) is 0 Å². The fourth-order valence-corrected chi connectivity index (χ4v) is 5.58. The van der Waals surface area contributed by atoms with Crippen molar-refractivity contribution in [2.24, 2.45) is 5.41 Å². The first-order valence-electron chi connectivity index (χ1n) is 10.8. The Morgan fingerprint density at radius 2 is 1.80 bits per heavy atom. The second kappa shape index (κ2) is 7.61. The monoisotopic (exact) mass is 414 g/mol. The van der Waals surface area contributed by atoms with Gasteiger partial charge in [0.2, 0.25) is 0 Å². The lowest BCUT2D eigenvalue weighted by atomic mass is 9.51. The smallest absolute Gasteiger partial charge is 0.131 e. The molecule has 4 rings (SSSR count). The molecule has 3 nitrogen and oxygen atoms in total. The van der Waals surface area contributed by atoms with Crippen LogP contribution in [0, 0.1) is 17.0 Å². The van der Waals surface area contributed by atoms with Crippen LogP contribution in [0.25, 0.3) is 0 Å². The minimum absolute atomic E-state index is 0.00438. The zero-order chi connectivity index (χ0) is 21.7. The van der Waals surface area contributed by atoms with Gasteiger partial charge in [0.25, 0.3) is 0 Å². The Morgan fingerprint density at radius 1 is 1.13 bits per heavy atom. The number of fused-ring (bicyclic) bond motifs is 4. The van der Waals surface area contributed by atoms with E-state index in [9.17, 15) is 8.78 Å². The van der Waals surface area contributed by atoms with Gasteiger partial charge in [0.05, 0.1) is 12.7 Å². The number of piperidine rings is 1. The van der Waals surface area contributed by atoms with E-state index in [1.165, 1.54) is 29.3 Å². The predicted molar refractivity (Wildman–Crippen MR) is 116 cm³/mol. The van der Waals surface area contributed by atoms with E-state index in [1.807, 2.05) is 13.0 Å². The molecule has 0 radical (unpaired) electrons. The average molecular weight is 415 g/mol. The van der Waals surface area contributed by atoms with Crippen LogP contribution in [0.15, 0.2) is 36.4 Å². The minimum Gasteiger partial charge on any atom is -0.398 e. The van der Waals surface area contributed by atoms with Gasteiger partial charge in [-0.3, -0.25) is 4.90 Å². The van der Waals surface area contributed by atoms with Gasteiger partial charge in [0.15, 0.2) is 0 Å². The number of anilines is 1. The van der Waals surface area contributed by atoms with E-state index in [4.69, 9.17) is 10.5 Å². The lowest BCUT2D eigenvalue weighted by Gasteiger charge is -2.61. The van der Waals surface area contributed by atoms with Crippen molar-refractivity contribution >= 4 is 5.69 Å². The predicted octanol–water partition coefficient (Wildman–Crippen LogP) is 5.07. The van der Waals surface area contributed by atoms with Crippen molar-refractivity contribution < 1.29 is 13.5 Å². The molecule has 162 valence electrons. The molecule has 0 aromatic heterocycles. The van der Waals surface area contributed by atoms with E-state index < -0.39 is 11.6 Å². The zero-order valence-corrected chi connectivity index (χ0v) is 18.3. The molecule has 1 fully saturated rings. The number of benzene rings is 2. The van der Waals surface area contributed by atoms with Crippen LogP contribution >= 0.6 is 0 Å². The van der Waals surface area contributed by atoms with E-state index in [-0.39, 0.29) is 29.1 Å². The highest BCUT2D eigenvalue weighted by Crippen LogP contribution is 2.56. The second-order valence-corrected chi connectivity index (χ2v) is 9.71. The van der Waals surface area contributed by atoms with Crippen LogP contribution in [0.4, 0.5) is 14.5 Å². The molecule has 1 aliphatic carbocycles. The lowest BCUT2D eigenvalue weighted by molar-refractivity contribution is -0.0651. The molecule has 0 saturated carbocycles. The number of likely N-dealkylation sites (tertiary alicyclic amines) is 1. The normalized spacial score (nSPS) is 26.3. The summed E-state index contributed by atoms with van der Waals surface area (Å²) in [6.45, 7) is 10.7. The Bertz CT molecular complexity index is 924. The molecular weight excluding hydrogens is 382 g/mol. The third-order valence-corrected chi connectivity index (χ3v) is 7.86. The molecule has 0 spiro atoms. The van der Waals surface area contributed by atoms with Crippen LogP contribution in [0.2, 0.25) is 0 Å². The fraction of sp³-hybridized carbons (Fsp3) is 0.520. The summed E-state index contributed by atoms with van der Waals surface area (Å²) in [6, 6.07) is 10.6. The summed E-state index contributed by atoms with van der Waals surface area (Å²) in [4.78, 5) is 2.49. The van der Waals surface area contributed by atoms with E-state index in [1.54, 1.807) is 0 Å². The van der Waals surface area contributed by atoms with Crippen LogP contribution in [-0.2, 0) is 23.2 Å². The fourth-order valence-electron chi connectivity index (χ4n) is 5.58. The summed E-state index contributed by atoms with van der Waals surface area (Å²) >= 11 is 0. The van der Waals surface area contributed by atoms with Gasteiger partial charge in [0.1, 0.15) is 11.6 Å². The average Bonchev–Trinajstić information content (AvgIpc) is 2.67. The zero-order valence-electron chi connectivity index (χ0n) is 18.3. The highest BCUT2D eigenvalue weighted by Gasteiger charge is 2.56. The highest BCUT2D eigenvalue weighted by atomic mass is 19.1. The molecule has 30 heavy (non-hydrogen) atoms. The number of nitrogens with zero attached hydrogens (tertiary/aromatic N) is 1. The standard InChI is InChI=1S/C25H32F2N2O/c1-16(30-15-18-20(26)8-6-9-21(18)27)14-29-12-11-25(4)19-7-5-10-22(28)17(19)13-23(29)24(25,2)3/h5-10,16,23H,11-15,28H2,1-4H3/t16?,23-,25+/m1/s1. The first-order chi connectivity index (χ1) is 14.1. The maximum absolute atomic E-state index is 13.9. The molecule has 2 aliphatic rings. The number of nitrogens with two attached hydrogens (primary N) is 1. The lowest BCUT2D eigenvalue weighted by Crippen LogP contribution is -2.64. The molecule has 2 aromatic rings. The first kappa shape index (κ1) is 21.3. The van der Waals surface area contributed by atoms with Gasteiger partial charge >= 0.3 is 0 Å². The number of hydrogen-bond acceptors (Lipinski definition) is 3.